The lowest BCUT2D eigenvalue weighted by atomic mass is 9.79. The molecule has 0 radical (unpaired) electrons. The van der Waals surface area contributed by atoms with Crippen LogP contribution in [-0.4, -0.2) is 61.6 Å². The smallest absolute Gasteiger partial charge is 0.194 e. The Morgan fingerprint density at radius 2 is 1.78 bits per heavy atom. The third-order valence-electron chi connectivity index (χ3n) is 5.37. The first kappa shape index (κ1) is 20.6. The molecule has 0 spiro atoms. The average Bonchev–Trinajstić information content (AvgIpc) is 2.56. The second-order valence-corrected chi connectivity index (χ2v) is 6.94. The number of piperazine rings is 1. The van der Waals surface area contributed by atoms with Crippen molar-refractivity contribution in [2.45, 2.75) is 45.6 Å². The van der Waals surface area contributed by atoms with Gasteiger partial charge in [-0.05, 0) is 37.5 Å². The third-order valence-corrected chi connectivity index (χ3v) is 5.37. The summed E-state index contributed by atoms with van der Waals surface area (Å²) < 4.78 is 0. The van der Waals surface area contributed by atoms with Crippen molar-refractivity contribution in [2.75, 3.05) is 39.8 Å². The zero-order valence-corrected chi connectivity index (χ0v) is 17.3. The lowest BCUT2D eigenvalue weighted by Gasteiger charge is -2.43. The summed E-state index contributed by atoms with van der Waals surface area (Å²) in [6, 6.07) is 0.804. The highest BCUT2D eigenvalue weighted by Crippen LogP contribution is 2.32. The van der Waals surface area contributed by atoms with Crippen LogP contribution in [0.4, 0.5) is 0 Å². The summed E-state index contributed by atoms with van der Waals surface area (Å²) in [7, 11) is 1.83. The predicted octanol–water partition coefficient (Wildman–Crippen LogP) is 2.65. The van der Waals surface area contributed by atoms with E-state index in [1.54, 1.807) is 0 Å². The summed E-state index contributed by atoms with van der Waals surface area (Å²) in [5, 5.41) is 3.22. The molecule has 1 saturated heterocycles. The number of nitrogens with zero attached hydrogens (tertiary/aromatic N) is 3. The lowest BCUT2D eigenvalue weighted by Crippen LogP contribution is -2.55. The molecule has 0 unspecified atom stereocenters. The van der Waals surface area contributed by atoms with Crippen LogP contribution in [0.15, 0.2) is 4.99 Å². The highest BCUT2D eigenvalue weighted by molar-refractivity contribution is 14.0. The van der Waals surface area contributed by atoms with Crippen molar-refractivity contribution < 1.29 is 0 Å². The molecule has 23 heavy (non-hydrogen) atoms. The molecule has 1 N–H and O–H groups in total. The minimum atomic E-state index is 0. The summed E-state index contributed by atoms with van der Waals surface area (Å²) in [5.74, 6) is 5.36. The van der Waals surface area contributed by atoms with Crippen LogP contribution in [0.25, 0.3) is 0 Å². The zero-order valence-electron chi connectivity index (χ0n) is 14.9. The van der Waals surface area contributed by atoms with E-state index in [9.17, 15) is 0 Å². The topological polar surface area (TPSA) is 30.9 Å². The third kappa shape index (κ3) is 5.82. The normalized spacial score (nSPS) is 26.6. The van der Waals surface area contributed by atoms with Gasteiger partial charge in [0.1, 0.15) is 0 Å². The van der Waals surface area contributed by atoms with E-state index in [2.05, 4.69) is 39.9 Å². The van der Waals surface area contributed by atoms with E-state index in [1.807, 2.05) is 7.05 Å². The summed E-state index contributed by atoms with van der Waals surface area (Å²) in [6.07, 6.45) is 10.9. The minimum Gasteiger partial charge on any atom is -0.345 e. The van der Waals surface area contributed by atoms with Crippen molar-refractivity contribution in [3.8, 4) is 12.3 Å². The number of hydrogen-bond acceptors (Lipinski definition) is 2. The molecule has 1 saturated carbocycles. The van der Waals surface area contributed by atoms with Gasteiger partial charge in [0, 0.05) is 39.3 Å². The monoisotopic (exact) mass is 432 g/mol. The Balaban J connectivity index is 0.00000264. The molecule has 1 aliphatic heterocycles. The Morgan fingerprint density at radius 1 is 1.17 bits per heavy atom. The summed E-state index contributed by atoms with van der Waals surface area (Å²) in [4.78, 5) is 9.36. The van der Waals surface area contributed by atoms with E-state index in [1.165, 1.54) is 25.7 Å². The van der Waals surface area contributed by atoms with Crippen LogP contribution in [0.1, 0.15) is 39.5 Å². The first-order chi connectivity index (χ1) is 10.7. The van der Waals surface area contributed by atoms with Crippen LogP contribution in [0.5, 0.6) is 0 Å². The molecule has 2 rings (SSSR count). The Kier molecular flexibility index (Phi) is 9.30. The lowest BCUT2D eigenvalue weighted by molar-refractivity contribution is 0.0865. The fraction of sp³-hybridized carbons (Fsp3) is 0.833. The first-order valence-electron chi connectivity index (χ1n) is 8.78. The average molecular weight is 432 g/mol. The van der Waals surface area contributed by atoms with Gasteiger partial charge in [0.15, 0.2) is 5.96 Å². The minimum absolute atomic E-state index is 0. The van der Waals surface area contributed by atoms with E-state index in [0.717, 1.165) is 50.0 Å². The van der Waals surface area contributed by atoms with Crippen LogP contribution < -0.4 is 5.32 Å². The quantitative estimate of drug-likeness (QED) is 0.322. The zero-order chi connectivity index (χ0) is 15.9. The SMILES string of the molecule is C#CCNC(=NC)N1CCN(C2CCC(C(C)C)CC2)CC1.I. The molecule has 2 fully saturated rings. The summed E-state index contributed by atoms with van der Waals surface area (Å²) in [6.45, 7) is 9.69. The predicted molar refractivity (Wildman–Crippen MR) is 109 cm³/mol. The number of aliphatic imine (C=N–C) groups is 1. The van der Waals surface area contributed by atoms with Gasteiger partial charge in [0.05, 0.1) is 6.54 Å². The standard InChI is InChI=1S/C18H32N4.HI/c1-5-10-20-18(19-4)22-13-11-21(12-14-22)17-8-6-16(7-9-17)15(2)3;/h1,15-17H,6-14H2,2-4H3,(H,19,20);1H. The van der Waals surface area contributed by atoms with E-state index in [4.69, 9.17) is 6.42 Å². The Bertz CT molecular complexity index is 400. The van der Waals surface area contributed by atoms with E-state index in [0.29, 0.717) is 6.54 Å². The fourth-order valence-electron chi connectivity index (χ4n) is 3.89. The van der Waals surface area contributed by atoms with E-state index >= 15 is 0 Å². The van der Waals surface area contributed by atoms with Gasteiger partial charge in [-0.3, -0.25) is 9.89 Å². The van der Waals surface area contributed by atoms with Crippen molar-refractivity contribution in [3.05, 3.63) is 0 Å². The van der Waals surface area contributed by atoms with Gasteiger partial charge in [0.2, 0.25) is 0 Å². The largest absolute Gasteiger partial charge is 0.345 e. The molecular formula is C18H33IN4. The van der Waals surface area contributed by atoms with Gasteiger partial charge in [-0.25, -0.2) is 0 Å². The van der Waals surface area contributed by atoms with Crippen LogP contribution in [-0.2, 0) is 0 Å². The maximum atomic E-state index is 5.32. The number of halogens is 1. The molecule has 1 aliphatic carbocycles. The Hall–Kier alpha value is -0.480. The van der Waals surface area contributed by atoms with E-state index in [-0.39, 0.29) is 24.0 Å². The highest BCUT2D eigenvalue weighted by Gasteiger charge is 2.29. The molecule has 4 nitrogen and oxygen atoms in total. The Labute approximate surface area is 159 Å². The van der Waals surface area contributed by atoms with Gasteiger partial charge < -0.3 is 10.2 Å². The number of rotatable bonds is 3. The van der Waals surface area contributed by atoms with Crippen LogP contribution in [0, 0.1) is 24.2 Å². The molecule has 1 heterocycles. The van der Waals surface area contributed by atoms with Crippen LogP contribution in [0.3, 0.4) is 0 Å². The number of guanidine groups is 1. The van der Waals surface area contributed by atoms with Gasteiger partial charge in [-0.1, -0.05) is 19.8 Å². The second kappa shape index (κ2) is 10.4. The molecular weight excluding hydrogens is 399 g/mol. The molecule has 0 amide bonds. The first-order valence-corrected chi connectivity index (χ1v) is 8.78. The molecule has 0 bridgehead atoms. The molecule has 0 atom stereocenters. The molecule has 2 aliphatic rings. The molecule has 132 valence electrons. The Morgan fingerprint density at radius 3 is 2.26 bits per heavy atom. The van der Waals surface area contributed by atoms with Crippen molar-refractivity contribution in [1.29, 1.82) is 0 Å². The van der Waals surface area contributed by atoms with Gasteiger partial charge in [-0.15, -0.1) is 30.4 Å². The highest BCUT2D eigenvalue weighted by atomic mass is 127. The van der Waals surface area contributed by atoms with Crippen molar-refractivity contribution >= 4 is 29.9 Å². The van der Waals surface area contributed by atoms with Crippen LogP contribution in [0.2, 0.25) is 0 Å². The molecule has 0 aromatic heterocycles. The summed E-state index contributed by atoms with van der Waals surface area (Å²) >= 11 is 0. The number of hydrogen-bond donors (Lipinski definition) is 1. The maximum Gasteiger partial charge on any atom is 0.194 e. The summed E-state index contributed by atoms with van der Waals surface area (Å²) in [5.41, 5.74) is 0. The van der Waals surface area contributed by atoms with Crippen molar-refractivity contribution in [2.24, 2.45) is 16.8 Å². The van der Waals surface area contributed by atoms with Gasteiger partial charge in [-0.2, -0.15) is 0 Å². The van der Waals surface area contributed by atoms with Crippen LogP contribution >= 0.6 is 24.0 Å². The van der Waals surface area contributed by atoms with Crippen molar-refractivity contribution in [3.63, 3.8) is 0 Å². The molecule has 0 aromatic rings. The molecule has 5 heteroatoms. The fourth-order valence-corrected chi connectivity index (χ4v) is 3.89. The maximum absolute atomic E-state index is 5.32. The number of terminal acetylenes is 1. The second-order valence-electron chi connectivity index (χ2n) is 6.94. The van der Waals surface area contributed by atoms with Crippen molar-refractivity contribution in [1.82, 2.24) is 15.1 Å². The molecule has 0 aromatic carbocycles. The van der Waals surface area contributed by atoms with E-state index < -0.39 is 0 Å². The van der Waals surface area contributed by atoms with Gasteiger partial charge in [0.25, 0.3) is 0 Å². The van der Waals surface area contributed by atoms with Gasteiger partial charge >= 0.3 is 0 Å². The number of nitrogens with one attached hydrogen (secondary N) is 1.